The minimum absolute atomic E-state index is 0.101. The first-order valence-electron chi connectivity index (χ1n) is 14.1. The molecule has 1 heterocycles. The lowest BCUT2D eigenvalue weighted by molar-refractivity contribution is -0.116. The maximum absolute atomic E-state index is 15.6. The van der Waals surface area contributed by atoms with Crippen LogP contribution in [0, 0.1) is 0 Å². The predicted molar refractivity (Wildman–Crippen MR) is 165 cm³/mol. The molecule has 3 amide bonds. The largest absolute Gasteiger partial charge is 0.353 e. The van der Waals surface area contributed by atoms with Crippen molar-refractivity contribution in [1.82, 2.24) is 5.32 Å². The Hall–Kier alpha value is -5.11. The third kappa shape index (κ3) is 6.38. The number of anilines is 2. The van der Waals surface area contributed by atoms with Gasteiger partial charge in [0.1, 0.15) is 0 Å². The molecular formula is C35H31F2N3O3. The molecular weight excluding hydrogens is 548 g/mol. The van der Waals surface area contributed by atoms with Crippen LogP contribution in [0.3, 0.4) is 0 Å². The van der Waals surface area contributed by atoms with Gasteiger partial charge in [-0.2, -0.15) is 0 Å². The fraction of sp³-hybridized carbons (Fsp3) is 0.171. The van der Waals surface area contributed by atoms with Gasteiger partial charge in [-0.25, -0.2) is 8.78 Å². The molecule has 0 aliphatic carbocycles. The number of halogens is 2. The molecule has 4 aromatic carbocycles. The fourth-order valence-corrected chi connectivity index (χ4v) is 5.17. The summed E-state index contributed by atoms with van der Waals surface area (Å²) in [6.45, 7) is 1.93. The minimum Gasteiger partial charge on any atom is -0.353 e. The molecule has 1 aliphatic rings. The van der Waals surface area contributed by atoms with Crippen LogP contribution < -0.4 is 15.5 Å². The first-order valence-corrected chi connectivity index (χ1v) is 14.1. The van der Waals surface area contributed by atoms with Crippen molar-refractivity contribution in [2.75, 3.05) is 23.3 Å². The van der Waals surface area contributed by atoms with Gasteiger partial charge in [-0.15, -0.1) is 0 Å². The zero-order valence-corrected chi connectivity index (χ0v) is 23.6. The Kier molecular flexibility index (Phi) is 8.76. The van der Waals surface area contributed by atoms with Gasteiger partial charge in [0.05, 0.1) is 5.69 Å². The zero-order valence-electron chi connectivity index (χ0n) is 23.6. The molecule has 6 nitrogen and oxygen atoms in total. The summed E-state index contributed by atoms with van der Waals surface area (Å²) in [6, 6.07) is 29.2. The Morgan fingerprint density at radius 2 is 1.49 bits per heavy atom. The molecule has 43 heavy (non-hydrogen) atoms. The Balaban J connectivity index is 1.61. The van der Waals surface area contributed by atoms with Crippen LogP contribution >= 0.6 is 0 Å². The quantitative estimate of drug-likeness (QED) is 0.227. The van der Waals surface area contributed by atoms with Gasteiger partial charge in [0, 0.05) is 59.1 Å². The van der Waals surface area contributed by atoms with Gasteiger partial charge in [-0.1, -0.05) is 79.7 Å². The van der Waals surface area contributed by atoms with Crippen molar-refractivity contribution in [3.8, 4) is 11.1 Å². The zero-order chi connectivity index (χ0) is 30.4. The summed E-state index contributed by atoms with van der Waals surface area (Å²) < 4.78 is 31.2. The van der Waals surface area contributed by atoms with Crippen molar-refractivity contribution in [2.45, 2.75) is 25.7 Å². The molecule has 0 atom stereocenters. The lowest BCUT2D eigenvalue weighted by Gasteiger charge is -2.25. The standard InChI is InChI=1S/C35H31F2N3O3/c1-2-21-38-31(41)23-29-26-16-9-10-19-30(26)40(22-20-35(29,36)37)34(43)28-18-11-17-27(32(28)24-12-5-3-6-13-24)33(42)39-25-14-7-4-8-15-25/h3-19,23H,2,20-22H2,1H3,(H,38,41)(H,39,42). The van der Waals surface area contributed by atoms with Gasteiger partial charge in [-0.05, 0) is 42.3 Å². The minimum atomic E-state index is -3.37. The van der Waals surface area contributed by atoms with E-state index in [0.29, 0.717) is 29.8 Å². The Labute approximate surface area is 249 Å². The molecule has 0 fully saturated rings. The van der Waals surface area contributed by atoms with Crippen LogP contribution in [0.2, 0.25) is 0 Å². The molecule has 2 N–H and O–H groups in total. The summed E-state index contributed by atoms with van der Waals surface area (Å²) >= 11 is 0. The SMILES string of the molecule is CCCNC(=O)C=C1c2ccccc2N(C(=O)c2cccc(C(=O)Nc3ccccc3)c2-c2ccccc2)CCC1(F)F. The van der Waals surface area contributed by atoms with Gasteiger partial charge >= 0.3 is 0 Å². The number of amides is 3. The topological polar surface area (TPSA) is 78.5 Å². The van der Waals surface area contributed by atoms with Crippen molar-refractivity contribution >= 4 is 34.7 Å². The molecule has 0 unspecified atom stereocenters. The number of hydrogen-bond acceptors (Lipinski definition) is 3. The number of carbonyl (C=O) groups excluding carboxylic acids is 3. The Morgan fingerprint density at radius 1 is 0.837 bits per heavy atom. The highest BCUT2D eigenvalue weighted by Crippen LogP contribution is 2.43. The predicted octanol–water partition coefficient (Wildman–Crippen LogP) is 7.20. The number of carbonyl (C=O) groups is 3. The van der Waals surface area contributed by atoms with E-state index in [1.54, 1.807) is 84.9 Å². The van der Waals surface area contributed by atoms with Gasteiger partial charge in [0.25, 0.3) is 17.7 Å². The number of para-hydroxylation sites is 2. The van der Waals surface area contributed by atoms with Gasteiger partial charge in [0.2, 0.25) is 5.91 Å². The van der Waals surface area contributed by atoms with E-state index in [4.69, 9.17) is 0 Å². The molecule has 0 spiro atoms. The van der Waals surface area contributed by atoms with E-state index in [1.807, 2.05) is 19.1 Å². The Bertz CT molecular complexity index is 1670. The highest BCUT2D eigenvalue weighted by molar-refractivity contribution is 6.17. The molecule has 0 aromatic heterocycles. The van der Waals surface area contributed by atoms with Crippen molar-refractivity contribution in [3.63, 3.8) is 0 Å². The third-order valence-corrected chi connectivity index (χ3v) is 7.23. The van der Waals surface area contributed by atoms with E-state index in [-0.39, 0.29) is 28.9 Å². The van der Waals surface area contributed by atoms with Crippen LogP contribution in [0.4, 0.5) is 20.2 Å². The number of allylic oxidation sites excluding steroid dienone is 1. The van der Waals surface area contributed by atoms with Crippen molar-refractivity contribution in [3.05, 3.63) is 126 Å². The van der Waals surface area contributed by atoms with Crippen molar-refractivity contribution < 1.29 is 23.2 Å². The van der Waals surface area contributed by atoms with E-state index >= 15 is 8.78 Å². The molecule has 0 radical (unpaired) electrons. The van der Waals surface area contributed by atoms with E-state index in [0.717, 1.165) is 6.08 Å². The summed E-state index contributed by atoms with van der Waals surface area (Å²) in [4.78, 5) is 41.7. The molecule has 1 aliphatic heterocycles. The number of nitrogens with one attached hydrogen (secondary N) is 2. The second-order valence-corrected chi connectivity index (χ2v) is 10.2. The highest BCUT2D eigenvalue weighted by Gasteiger charge is 2.41. The van der Waals surface area contributed by atoms with Crippen LogP contribution in [0.1, 0.15) is 46.0 Å². The monoisotopic (exact) mass is 579 g/mol. The maximum Gasteiger partial charge on any atom is 0.275 e. The van der Waals surface area contributed by atoms with Crippen molar-refractivity contribution in [2.24, 2.45) is 0 Å². The van der Waals surface area contributed by atoms with E-state index < -0.39 is 35.6 Å². The smallest absolute Gasteiger partial charge is 0.275 e. The maximum atomic E-state index is 15.6. The summed E-state index contributed by atoms with van der Waals surface area (Å²) in [5.41, 5.74) is 2.00. The van der Waals surface area contributed by atoms with Gasteiger partial charge in [0.15, 0.2) is 0 Å². The van der Waals surface area contributed by atoms with Crippen LogP contribution in [-0.4, -0.2) is 36.7 Å². The highest BCUT2D eigenvalue weighted by atomic mass is 19.3. The number of rotatable bonds is 7. The number of fused-ring (bicyclic) bond motifs is 1. The van der Waals surface area contributed by atoms with Crippen LogP contribution in [0.5, 0.6) is 0 Å². The van der Waals surface area contributed by atoms with Crippen LogP contribution in [0.25, 0.3) is 16.7 Å². The summed E-state index contributed by atoms with van der Waals surface area (Å²) in [6.07, 6.45) is 0.915. The molecule has 0 bridgehead atoms. The van der Waals surface area contributed by atoms with E-state index in [2.05, 4.69) is 10.6 Å². The Morgan fingerprint density at radius 3 is 2.21 bits per heavy atom. The van der Waals surface area contributed by atoms with Gasteiger partial charge < -0.3 is 15.5 Å². The summed E-state index contributed by atoms with van der Waals surface area (Å²) in [7, 11) is 0. The molecule has 0 saturated carbocycles. The first-order chi connectivity index (χ1) is 20.8. The third-order valence-electron chi connectivity index (χ3n) is 7.23. The van der Waals surface area contributed by atoms with E-state index in [1.165, 1.54) is 11.0 Å². The normalized spacial score (nSPS) is 14.9. The summed E-state index contributed by atoms with van der Waals surface area (Å²) in [5.74, 6) is -4.93. The summed E-state index contributed by atoms with van der Waals surface area (Å²) in [5, 5.41) is 5.50. The number of nitrogens with zero attached hydrogens (tertiary/aromatic N) is 1. The van der Waals surface area contributed by atoms with E-state index in [9.17, 15) is 14.4 Å². The second-order valence-electron chi connectivity index (χ2n) is 10.2. The molecule has 218 valence electrons. The molecule has 0 saturated heterocycles. The molecule has 4 aromatic rings. The lowest BCUT2D eigenvalue weighted by Crippen LogP contribution is -2.34. The second kappa shape index (κ2) is 12.8. The van der Waals surface area contributed by atoms with Gasteiger partial charge in [-0.3, -0.25) is 14.4 Å². The first kappa shape index (κ1) is 29.4. The number of benzene rings is 4. The molecule has 8 heteroatoms. The van der Waals surface area contributed by atoms with Crippen LogP contribution in [-0.2, 0) is 4.79 Å². The van der Waals surface area contributed by atoms with Crippen molar-refractivity contribution in [1.29, 1.82) is 0 Å². The number of alkyl halides is 2. The van der Waals surface area contributed by atoms with Crippen LogP contribution in [0.15, 0.2) is 109 Å². The fourth-order valence-electron chi connectivity index (χ4n) is 5.17. The lowest BCUT2D eigenvalue weighted by atomic mass is 9.92. The average Bonchev–Trinajstić information content (AvgIpc) is 3.13. The molecule has 5 rings (SSSR count). The number of hydrogen-bond donors (Lipinski definition) is 2. The average molecular weight is 580 g/mol.